The Balaban J connectivity index is 2.70. The van der Waals surface area contributed by atoms with Gasteiger partial charge in [-0.2, -0.15) is 0 Å². The summed E-state index contributed by atoms with van der Waals surface area (Å²) < 4.78 is 13.8. The number of halogens is 2. The van der Waals surface area contributed by atoms with Gasteiger partial charge in [0.1, 0.15) is 5.82 Å². The highest BCUT2D eigenvalue weighted by atomic mass is 79.9. The Labute approximate surface area is 115 Å². The van der Waals surface area contributed by atoms with Crippen LogP contribution in [0.1, 0.15) is 25.8 Å². The van der Waals surface area contributed by atoms with Crippen LogP contribution in [-0.2, 0) is 11.3 Å². The molecule has 0 aliphatic heterocycles. The maximum Gasteiger partial charge on any atom is 0.304 e. The van der Waals surface area contributed by atoms with Crippen LogP contribution in [0.2, 0.25) is 0 Å². The Morgan fingerprint density at radius 1 is 1.50 bits per heavy atom. The highest BCUT2D eigenvalue weighted by Crippen LogP contribution is 2.18. The van der Waals surface area contributed by atoms with Gasteiger partial charge in [0, 0.05) is 19.1 Å². The summed E-state index contributed by atoms with van der Waals surface area (Å²) in [6.45, 7) is 5.01. The molecule has 1 aromatic rings. The third-order valence-corrected chi connectivity index (χ3v) is 3.36. The minimum atomic E-state index is -0.817. The van der Waals surface area contributed by atoms with Gasteiger partial charge in [-0.15, -0.1) is 0 Å². The van der Waals surface area contributed by atoms with E-state index in [2.05, 4.69) is 15.9 Å². The molecule has 0 atom stereocenters. The largest absolute Gasteiger partial charge is 0.481 e. The second-order valence-corrected chi connectivity index (χ2v) is 5.31. The zero-order chi connectivity index (χ0) is 13.7. The number of carbonyl (C=O) groups is 1. The Morgan fingerprint density at radius 3 is 2.67 bits per heavy atom. The van der Waals surface area contributed by atoms with Crippen LogP contribution in [0.3, 0.4) is 0 Å². The first-order valence-electron chi connectivity index (χ1n) is 5.80. The third-order valence-electron chi connectivity index (χ3n) is 2.71. The first kappa shape index (κ1) is 15.1. The average Bonchev–Trinajstić information content (AvgIpc) is 2.28. The lowest BCUT2D eigenvalue weighted by molar-refractivity contribution is -0.137. The van der Waals surface area contributed by atoms with Gasteiger partial charge in [0.2, 0.25) is 0 Å². The summed E-state index contributed by atoms with van der Waals surface area (Å²) in [7, 11) is 0. The predicted octanol–water partition coefficient (Wildman–Crippen LogP) is 3.27. The minimum Gasteiger partial charge on any atom is -0.481 e. The van der Waals surface area contributed by atoms with Crippen molar-refractivity contribution >= 4 is 21.9 Å². The second-order valence-electron chi connectivity index (χ2n) is 4.46. The normalized spacial score (nSPS) is 11.2. The molecule has 0 radical (unpaired) electrons. The molecule has 0 fully saturated rings. The van der Waals surface area contributed by atoms with Gasteiger partial charge < -0.3 is 5.11 Å². The van der Waals surface area contributed by atoms with Crippen LogP contribution in [0, 0.1) is 5.82 Å². The first-order valence-corrected chi connectivity index (χ1v) is 6.59. The quantitative estimate of drug-likeness (QED) is 0.875. The second kappa shape index (κ2) is 6.85. The van der Waals surface area contributed by atoms with E-state index in [1.54, 1.807) is 6.07 Å². The van der Waals surface area contributed by atoms with Crippen LogP contribution >= 0.6 is 15.9 Å². The third kappa shape index (κ3) is 4.74. The van der Waals surface area contributed by atoms with Crippen LogP contribution in [0.25, 0.3) is 0 Å². The van der Waals surface area contributed by atoms with Crippen molar-refractivity contribution in [3.8, 4) is 0 Å². The van der Waals surface area contributed by atoms with E-state index in [4.69, 9.17) is 5.11 Å². The summed E-state index contributed by atoms with van der Waals surface area (Å²) in [6, 6.07) is 5.19. The highest BCUT2D eigenvalue weighted by Gasteiger charge is 2.12. The summed E-state index contributed by atoms with van der Waals surface area (Å²) in [5, 5.41) is 8.70. The van der Waals surface area contributed by atoms with Gasteiger partial charge in [-0.05, 0) is 47.5 Å². The molecular formula is C13H17BrFNO2. The summed E-state index contributed by atoms with van der Waals surface area (Å²) in [5.41, 5.74) is 0.842. The first-order chi connectivity index (χ1) is 8.40. The van der Waals surface area contributed by atoms with Gasteiger partial charge in [0.05, 0.1) is 10.9 Å². The Kier molecular flexibility index (Phi) is 5.75. The molecule has 0 aliphatic rings. The molecule has 1 rings (SSSR count). The van der Waals surface area contributed by atoms with E-state index in [-0.39, 0.29) is 18.3 Å². The van der Waals surface area contributed by atoms with Crippen LogP contribution in [-0.4, -0.2) is 28.6 Å². The lowest BCUT2D eigenvalue weighted by Crippen LogP contribution is -2.32. The smallest absolute Gasteiger partial charge is 0.304 e. The molecule has 5 heteroatoms. The zero-order valence-corrected chi connectivity index (χ0v) is 12.1. The molecule has 1 N–H and O–H groups in total. The monoisotopic (exact) mass is 317 g/mol. The molecular weight excluding hydrogens is 301 g/mol. The number of nitrogens with zero attached hydrogens (tertiary/aromatic N) is 1. The molecule has 0 aromatic heterocycles. The topological polar surface area (TPSA) is 40.5 Å². The molecule has 0 heterocycles. The number of hydrogen-bond acceptors (Lipinski definition) is 2. The number of hydrogen-bond donors (Lipinski definition) is 1. The van der Waals surface area contributed by atoms with Crippen LogP contribution < -0.4 is 0 Å². The van der Waals surface area contributed by atoms with Crippen molar-refractivity contribution in [2.45, 2.75) is 32.9 Å². The van der Waals surface area contributed by atoms with Gasteiger partial charge in [-0.3, -0.25) is 9.69 Å². The van der Waals surface area contributed by atoms with Crippen LogP contribution in [0.5, 0.6) is 0 Å². The van der Waals surface area contributed by atoms with Crippen molar-refractivity contribution in [2.24, 2.45) is 0 Å². The van der Waals surface area contributed by atoms with E-state index in [0.29, 0.717) is 17.6 Å². The lowest BCUT2D eigenvalue weighted by Gasteiger charge is -2.25. The van der Waals surface area contributed by atoms with Gasteiger partial charge >= 0.3 is 5.97 Å². The molecule has 0 saturated heterocycles. The standard InChI is InChI=1S/C13H17BrFNO2/c1-9(2)16(6-5-13(17)18)8-10-3-4-11(14)12(15)7-10/h3-4,7,9H,5-6,8H2,1-2H3,(H,17,18). The van der Waals surface area contributed by atoms with Crippen molar-refractivity contribution < 1.29 is 14.3 Å². The molecule has 0 saturated carbocycles. The van der Waals surface area contributed by atoms with Crippen molar-refractivity contribution in [2.75, 3.05) is 6.54 Å². The molecule has 0 bridgehead atoms. The van der Waals surface area contributed by atoms with Crippen molar-refractivity contribution in [3.05, 3.63) is 34.1 Å². The summed E-state index contributed by atoms with van der Waals surface area (Å²) in [6.07, 6.45) is 0.0944. The highest BCUT2D eigenvalue weighted by molar-refractivity contribution is 9.10. The molecule has 1 aromatic carbocycles. The van der Waals surface area contributed by atoms with Crippen LogP contribution in [0.4, 0.5) is 4.39 Å². The molecule has 18 heavy (non-hydrogen) atoms. The average molecular weight is 318 g/mol. The van der Waals surface area contributed by atoms with E-state index in [1.165, 1.54) is 6.07 Å². The maximum atomic E-state index is 13.4. The van der Waals surface area contributed by atoms with Crippen molar-refractivity contribution in [1.82, 2.24) is 4.90 Å². The van der Waals surface area contributed by atoms with Gasteiger partial charge in [0.25, 0.3) is 0 Å². The number of aliphatic carboxylic acids is 1. The Morgan fingerprint density at radius 2 is 2.17 bits per heavy atom. The number of carboxylic acid groups (broad SMARTS) is 1. The number of rotatable bonds is 6. The van der Waals surface area contributed by atoms with Crippen LogP contribution in [0.15, 0.2) is 22.7 Å². The fourth-order valence-corrected chi connectivity index (χ4v) is 1.88. The molecule has 3 nitrogen and oxygen atoms in total. The zero-order valence-electron chi connectivity index (χ0n) is 10.5. The van der Waals surface area contributed by atoms with Crippen molar-refractivity contribution in [3.63, 3.8) is 0 Å². The molecule has 0 aliphatic carbocycles. The summed E-state index contributed by atoms with van der Waals surface area (Å²) in [4.78, 5) is 12.6. The molecule has 100 valence electrons. The molecule has 0 unspecified atom stereocenters. The van der Waals surface area contributed by atoms with E-state index in [0.717, 1.165) is 5.56 Å². The van der Waals surface area contributed by atoms with E-state index in [9.17, 15) is 9.18 Å². The fourth-order valence-electron chi connectivity index (χ4n) is 1.63. The predicted molar refractivity (Wildman–Crippen MR) is 71.9 cm³/mol. The SMILES string of the molecule is CC(C)N(CCC(=O)O)Cc1ccc(Br)c(F)c1. The van der Waals surface area contributed by atoms with E-state index >= 15 is 0 Å². The maximum absolute atomic E-state index is 13.4. The fraction of sp³-hybridized carbons (Fsp3) is 0.462. The van der Waals surface area contributed by atoms with Gasteiger partial charge in [0.15, 0.2) is 0 Å². The van der Waals surface area contributed by atoms with Gasteiger partial charge in [-0.25, -0.2) is 4.39 Å². The van der Waals surface area contributed by atoms with E-state index < -0.39 is 5.97 Å². The molecule has 0 spiro atoms. The molecule has 0 amide bonds. The minimum absolute atomic E-state index is 0.0944. The lowest BCUT2D eigenvalue weighted by atomic mass is 10.1. The van der Waals surface area contributed by atoms with Crippen molar-refractivity contribution in [1.29, 1.82) is 0 Å². The van der Waals surface area contributed by atoms with Gasteiger partial charge in [-0.1, -0.05) is 6.07 Å². The Hall–Kier alpha value is -0.940. The number of carboxylic acids is 1. The Bertz CT molecular complexity index is 423. The summed E-state index contributed by atoms with van der Waals surface area (Å²) in [5.74, 6) is -1.11. The summed E-state index contributed by atoms with van der Waals surface area (Å²) >= 11 is 3.11. The van der Waals surface area contributed by atoms with E-state index in [1.807, 2.05) is 24.8 Å². The number of benzene rings is 1.